The standard InChI is InChI=1S/C18H10NS.Ir/c1-10-8-9-12-11-4-2-6-14-16(11)17-13(18(12)19-10)5-3-7-15(17)20-14;/h2-4,6-9H,1H3;/q-1;. The summed E-state index contributed by atoms with van der Waals surface area (Å²) in [7, 11) is 0. The van der Waals surface area contributed by atoms with Crippen molar-refractivity contribution in [3.8, 4) is 0 Å². The predicted octanol–water partition coefficient (Wildman–Crippen LogP) is 5.30. The minimum Gasteiger partial charge on any atom is -0.301 e. The Labute approximate surface area is 139 Å². The van der Waals surface area contributed by atoms with Gasteiger partial charge in [0.25, 0.3) is 0 Å². The Kier molecular flexibility index (Phi) is 2.80. The number of benzene rings is 3. The smallest absolute Gasteiger partial charge is 0.0266 e. The van der Waals surface area contributed by atoms with E-state index in [1.165, 1.54) is 30.9 Å². The van der Waals surface area contributed by atoms with Gasteiger partial charge in [0, 0.05) is 30.5 Å². The molecule has 0 unspecified atom stereocenters. The first-order chi connectivity index (χ1) is 9.83. The zero-order valence-corrected chi connectivity index (χ0v) is 14.4. The van der Waals surface area contributed by atoms with Crippen molar-refractivity contribution >= 4 is 53.2 Å². The quantitative estimate of drug-likeness (QED) is 0.224. The first kappa shape index (κ1) is 13.1. The van der Waals surface area contributed by atoms with Gasteiger partial charge in [0.2, 0.25) is 0 Å². The minimum absolute atomic E-state index is 0. The summed E-state index contributed by atoms with van der Waals surface area (Å²) in [5, 5.41) is 6.40. The SMILES string of the molecule is Cc1ccc2c3cccc4sc5cc[c-]c(c2n1)c5c43.[Ir]. The average Bonchev–Trinajstić information content (AvgIpc) is 2.85. The summed E-state index contributed by atoms with van der Waals surface area (Å²) in [6.07, 6.45) is 0. The van der Waals surface area contributed by atoms with Crippen LogP contribution in [0.15, 0.2) is 42.5 Å². The topological polar surface area (TPSA) is 12.9 Å². The van der Waals surface area contributed by atoms with Gasteiger partial charge >= 0.3 is 0 Å². The van der Waals surface area contributed by atoms with E-state index in [1.54, 1.807) is 0 Å². The molecular formula is C18H10IrNS-. The van der Waals surface area contributed by atoms with Crippen molar-refractivity contribution in [2.75, 3.05) is 0 Å². The van der Waals surface area contributed by atoms with Gasteiger partial charge in [0.15, 0.2) is 0 Å². The van der Waals surface area contributed by atoms with Gasteiger partial charge in [-0.15, -0.1) is 23.6 Å². The Morgan fingerprint density at radius 1 is 0.952 bits per heavy atom. The second-order valence-electron chi connectivity index (χ2n) is 5.22. The van der Waals surface area contributed by atoms with Crippen molar-refractivity contribution in [2.24, 2.45) is 0 Å². The van der Waals surface area contributed by atoms with Crippen molar-refractivity contribution in [3.63, 3.8) is 0 Å². The van der Waals surface area contributed by atoms with Gasteiger partial charge in [-0.3, -0.25) is 0 Å². The van der Waals surface area contributed by atoms with Crippen LogP contribution < -0.4 is 0 Å². The molecule has 0 saturated heterocycles. The van der Waals surface area contributed by atoms with Crippen LogP contribution in [0.25, 0.3) is 41.8 Å². The molecule has 21 heavy (non-hydrogen) atoms. The average molecular weight is 465 g/mol. The first-order valence-corrected chi connectivity index (χ1v) is 7.49. The second-order valence-corrected chi connectivity index (χ2v) is 6.31. The summed E-state index contributed by atoms with van der Waals surface area (Å²) >= 11 is 1.86. The molecule has 5 aromatic rings. The number of hydrogen-bond donors (Lipinski definition) is 0. The van der Waals surface area contributed by atoms with Crippen LogP contribution in [0.1, 0.15) is 5.69 Å². The fourth-order valence-corrected chi connectivity index (χ4v) is 4.32. The van der Waals surface area contributed by atoms with E-state index in [2.05, 4.69) is 42.5 Å². The molecule has 0 aliphatic rings. The molecule has 0 fully saturated rings. The molecule has 0 bridgehead atoms. The molecular weight excluding hydrogens is 454 g/mol. The Hall–Kier alpha value is -1.54. The van der Waals surface area contributed by atoms with Crippen LogP contribution in [0, 0.1) is 13.0 Å². The maximum atomic E-state index is 4.78. The van der Waals surface area contributed by atoms with Crippen molar-refractivity contribution in [3.05, 3.63) is 54.2 Å². The van der Waals surface area contributed by atoms with Gasteiger partial charge in [0.1, 0.15) is 0 Å². The van der Waals surface area contributed by atoms with Crippen LogP contribution >= 0.6 is 11.3 Å². The maximum absolute atomic E-state index is 4.78. The van der Waals surface area contributed by atoms with Crippen LogP contribution in [-0.2, 0) is 20.1 Å². The zero-order chi connectivity index (χ0) is 13.3. The number of aromatic nitrogens is 1. The zero-order valence-electron chi connectivity index (χ0n) is 11.2. The molecule has 103 valence electrons. The van der Waals surface area contributed by atoms with E-state index < -0.39 is 0 Å². The van der Waals surface area contributed by atoms with Gasteiger partial charge in [0.05, 0.1) is 0 Å². The van der Waals surface area contributed by atoms with Gasteiger partial charge in [-0.05, 0) is 45.4 Å². The van der Waals surface area contributed by atoms with E-state index in [0.29, 0.717) is 0 Å². The summed E-state index contributed by atoms with van der Waals surface area (Å²) in [6, 6.07) is 18.4. The largest absolute Gasteiger partial charge is 0.301 e. The molecule has 0 aliphatic heterocycles. The third kappa shape index (κ3) is 1.63. The van der Waals surface area contributed by atoms with Crippen LogP contribution in [0.5, 0.6) is 0 Å². The molecule has 3 aromatic carbocycles. The summed E-state index contributed by atoms with van der Waals surface area (Å²) in [4.78, 5) is 4.78. The number of aryl methyl sites for hydroxylation is 1. The van der Waals surface area contributed by atoms with E-state index in [1.807, 2.05) is 24.3 Å². The molecule has 5 rings (SSSR count). The van der Waals surface area contributed by atoms with E-state index in [9.17, 15) is 0 Å². The molecule has 0 N–H and O–H groups in total. The van der Waals surface area contributed by atoms with Gasteiger partial charge < -0.3 is 4.98 Å². The number of fused-ring (bicyclic) bond motifs is 3. The van der Waals surface area contributed by atoms with E-state index in [-0.39, 0.29) is 20.1 Å². The summed E-state index contributed by atoms with van der Waals surface area (Å²) in [5.74, 6) is 0. The molecule has 0 spiro atoms. The van der Waals surface area contributed by atoms with Crippen LogP contribution in [0.3, 0.4) is 0 Å². The summed E-state index contributed by atoms with van der Waals surface area (Å²) in [6.45, 7) is 2.05. The van der Waals surface area contributed by atoms with Crippen LogP contribution in [-0.4, -0.2) is 4.98 Å². The van der Waals surface area contributed by atoms with Crippen molar-refractivity contribution in [1.82, 2.24) is 4.98 Å². The fraction of sp³-hybridized carbons (Fsp3) is 0.0556. The summed E-state index contributed by atoms with van der Waals surface area (Å²) < 4.78 is 2.68. The molecule has 2 heterocycles. The van der Waals surface area contributed by atoms with E-state index >= 15 is 0 Å². The van der Waals surface area contributed by atoms with E-state index in [4.69, 9.17) is 4.98 Å². The normalized spacial score (nSPS) is 11.7. The third-order valence-corrected chi connectivity index (χ3v) is 5.14. The van der Waals surface area contributed by atoms with Gasteiger partial charge in [-0.2, -0.15) is 11.3 Å². The fourth-order valence-electron chi connectivity index (χ4n) is 3.18. The number of nitrogens with zero attached hydrogens (tertiary/aromatic N) is 1. The Morgan fingerprint density at radius 3 is 2.71 bits per heavy atom. The first-order valence-electron chi connectivity index (χ1n) is 6.67. The van der Waals surface area contributed by atoms with Gasteiger partial charge in [-0.25, -0.2) is 0 Å². The number of thiophene rings is 1. The molecule has 0 saturated carbocycles. The maximum Gasteiger partial charge on any atom is 0.0266 e. The monoisotopic (exact) mass is 465 g/mol. The number of pyridine rings is 1. The van der Waals surface area contributed by atoms with Crippen molar-refractivity contribution in [2.45, 2.75) is 6.92 Å². The molecule has 0 amide bonds. The predicted molar refractivity (Wildman–Crippen MR) is 86.9 cm³/mol. The number of rotatable bonds is 0. The van der Waals surface area contributed by atoms with Crippen LogP contribution in [0.2, 0.25) is 0 Å². The summed E-state index contributed by atoms with van der Waals surface area (Å²) in [5.41, 5.74) is 2.13. The van der Waals surface area contributed by atoms with Crippen LogP contribution in [0.4, 0.5) is 0 Å². The molecule has 0 aliphatic carbocycles. The van der Waals surface area contributed by atoms with E-state index in [0.717, 1.165) is 16.6 Å². The minimum atomic E-state index is 0. The molecule has 1 nitrogen and oxygen atoms in total. The van der Waals surface area contributed by atoms with Crippen molar-refractivity contribution in [1.29, 1.82) is 0 Å². The Balaban J connectivity index is 0.00000115. The molecule has 2 aromatic heterocycles. The second kappa shape index (κ2) is 4.48. The molecule has 1 radical (unpaired) electrons. The molecule has 0 atom stereocenters. The van der Waals surface area contributed by atoms with Crippen molar-refractivity contribution < 1.29 is 20.1 Å². The number of hydrogen-bond acceptors (Lipinski definition) is 2. The Morgan fingerprint density at radius 2 is 1.81 bits per heavy atom. The Bertz CT molecular complexity index is 1110. The molecule has 3 heteroatoms. The van der Waals surface area contributed by atoms with Gasteiger partial charge in [-0.1, -0.05) is 23.6 Å². The third-order valence-electron chi connectivity index (χ3n) is 4.02.